The summed E-state index contributed by atoms with van der Waals surface area (Å²) in [4.78, 5) is 14.1. The topological polar surface area (TPSA) is 76.6 Å². The summed E-state index contributed by atoms with van der Waals surface area (Å²) < 4.78 is 11.0. The van der Waals surface area contributed by atoms with E-state index in [4.69, 9.17) is 9.47 Å². The van der Waals surface area contributed by atoms with Crippen LogP contribution in [-0.2, 0) is 0 Å². The SMILES string of the molecule is COc1ccccc1NC(=O)N1CCC(Oc2ccc(C)nn2)C1. The maximum Gasteiger partial charge on any atom is 0.322 e. The van der Waals surface area contributed by atoms with E-state index in [0.717, 1.165) is 12.1 Å². The van der Waals surface area contributed by atoms with Gasteiger partial charge in [-0.25, -0.2) is 4.79 Å². The molecule has 126 valence electrons. The van der Waals surface area contributed by atoms with Crippen LogP contribution in [0.2, 0.25) is 0 Å². The Kier molecular flexibility index (Phi) is 4.79. The van der Waals surface area contributed by atoms with E-state index in [1.54, 1.807) is 18.1 Å². The maximum atomic E-state index is 12.4. The van der Waals surface area contributed by atoms with E-state index in [1.165, 1.54) is 0 Å². The van der Waals surface area contributed by atoms with Crippen LogP contribution in [0.15, 0.2) is 36.4 Å². The minimum atomic E-state index is -0.166. The molecule has 24 heavy (non-hydrogen) atoms. The van der Waals surface area contributed by atoms with Gasteiger partial charge in [0, 0.05) is 19.0 Å². The van der Waals surface area contributed by atoms with Gasteiger partial charge in [0.1, 0.15) is 11.9 Å². The van der Waals surface area contributed by atoms with E-state index in [9.17, 15) is 4.79 Å². The number of hydrogen-bond donors (Lipinski definition) is 1. The van der Waals surface area contributed by atoms with Gasteiger partial charge in [-0.05, 0) is 25.1 Å². The van der Waals surface area contributed by atoms with E-state index >= 15 is 0 Å². The summed E-state index contributed by atoms with van der Waals surface area (Å²) in [6.07, 6.45) is 0.681. The molecule has 1 unspecified atom stereocenters. The summed E-state index contributed by atoms with van der Waals surface area (Å²) in [5, 5.41) is 10.8. The number of nitrogens with zero attached hydrogens (tertiary/aromatic N) is 3. The number of aromatic nitrogens is 2. The number of carbonyl (C=O) groups excluding carboxylic acids is 1. The number of aryl methyl sites for hydroxylation is 1. The van der Waals surface area contributed by atoms with Crippen LogP contribution in [-0.4, -0.2) is 47.4 Å². The Morgan fingerprint density at radius 1 is 1.25 bits per heavy atom. The highest BCUT2D eigenvalue weighted by Gasteiger charge is 2.28. The Balaban J connectivity index is 1.56. The summed E-state index contributed by atoms with van der Waals surface area (Å²) in [6.45, 7) is 3.01. The molecule has 1 saturated heterocycles. The zero-order chi connectivity index (χ0) is 16.9. The Bertz CT molecular complexity index is 705. The first-order valence-corrected chi connectivity index (χ1v) is 7.81. The number of rotatable bonds is 4. The lowest BCUT2D eigenvalue weighted by atomic mass is 10.3. The molecule has 2 aromatic rings. The number of methoxy groups -OCH3 is 1. The number of hydrogen-bond acceptors (Lipinski definition) is 5. The molecule has 1 aromatic heterocycles. The van der Waals surface area contributed by atoms with Gasteiger partial charge in [0.2, 0.25) is 5.88 Å². The van der Waals surface area contributed by atoms with Gasteiger partial charge in [-0.1, -0.05) is 12.1 Å². The van der Waals surface area contributed by atoms with Crippen LogP contribution in [0, 0.1) is 6.92 Å². The lowest BCUT2D eigenvalue weighted by molar-refractivity contribution is 0.188. The fraction of sp³-hybridized carbons (Fsp3) is 0.353. The van der Waals surface area contributed by atoms with Crippen molar-refractivity contribution in [2.24, 2.45) is 0 Å². The molecule has 2 heterocycles. The lowest BCUT2D eigenvalue weighted by Gasteiger charge is -2.18. The van der Waals surface area contributed by atoms with E-state index in [-0.39, 0.29) is 12.1 Å². The molecule has 1 aromatic carbocycles. The third kappa shape index (κ3) is 3.73. The molecular weight excluding hydrogens is 308 g/mol. The Morgan fingerprint density at radius 3 is 2.83 bits per heavy atom. The predicted molar refractivity (Wildman–Crippen MR) is 89.4 cm³/mol. The summed E-state index contributed by atoms with van der Waals surface area (Å²) in [6, 6.07) is 10.8. The molecule has 1 fully saturated rings. The number of likely N-dealkylation sites (tertiary alicyclic amines) is 1. The van der Waals surface area contributed by atoms with Crippen LogP contribution in [0.3, 0.4) is 0 Å². The minimum Gasteiger partial charge on any atom is -0.495 e. The van der Waals surface area contributed by atoms with E-state index in [1.807, 2.05) is 37.3 Å². The molecule has 0 saturated carbocycles. The van der Waals surface area contributed by atoms with Crippen molar-refractivity contribution in [3.8, 4) is 11.6 Å². The van der Waals surface area contributed by atoms with Gasteiger partial charge < -0.3 is 19.7 Å². The van der Waals surface area contributed by atoms with Crippen molar-refractivity contribution in [2.45, 2.75) is 19.4 Å². The highest BCUT2D eigenvalue weighted by Crippen LogP contribution is 2.24. The normalized spacial score (nSPS) is 16.8. The van der Waals surface area contributed by atoms with Crippen LogP contribution >= 0.6 is 0 Å². The molecule has 1 N–H and O–H groups in total. The summed E-state index contributed by atoms with van der Waals surface area (Å²) in [7, 11) is 1.58. The molecule has 1 aliphatic rings. The Labute approximate surface area is 140 Å². The average Bonchev–Trinajstić information content (AvgIpc) is 3.06. The van der Waals surface area contributed by atoms with Crippen LogP contribution in [0.1, 0.15) is 12.1 Å². The number of ether oxygens (including phenoxy) is 2. The number of para-hydroxylation sites is 2. The lowest BCUT2D eigenvalue weighted by Crippen LogP contribution is -2.34. The summed E-state index contributed by atoms with van der Waals surface area (Å²) in [5.41, 5.74) is 1.49. The molecule has 0 spiro atoms. The fourth-order valence-electron chi connectivity index (χ4n) is 2.57. The van der Waals surface area contributed by atoms with Crippen molar-refractivity contribution in [1.29, 1.82) is 0 Å². The van der Waals surface area contributed by atoms with E-state index in [0.29, 0.717) is 30.4 Å². The first-order chi connectivity index (χ1) is 11.7. The monoisotopic (exact) mass is 328 g/mol. The molecule has 2 amide bonds. The third-order valence-corrected chi connectivity index (χ3v) is 3.84. The maximum absolute atomic E-state index is 12.4. The van der Waals surface area contributed by atoms with E-state index in [2.05, 4.69) is 15.5 Å². The first kappa shape index (κ1) is 16.0. The minimum absolute atomic E-state index is 0.0783. The van der Waals surface area contributed by atoms with Gasteiger partial charge >= 0.3 is 6.03 Å². The molecule has 0 bridgehead atoms. The van der Waals surface area contributed by atoms with Crippen LogP contribution < -0.4 is 14.8 Å². The second-order valence-electron chi connectivity index (χ2n) is 5.62. The van der Waals surface area contributed by atoms with Crippen LogP contribution in [0.25, 0.3) is 0 Å². The van der Waals surface area contributed by atoms with Gasteiger partial charge in [0.15, 0.2) is 0 Å². The van der Waals surface area contributed by atoms with Crippen LogP contribution in [0.5, 0.6) is 11.6 Å². The van der Waals surface area contributed by atoms with Gasteiger partial charge in [0.05, 0.1) is 25.0 Å². The third-order valence-electron chi connectivity index (χ3n) is 3.84. The number of anilines is 1. The highest BCUT2D eigenvalue weighted by atomic mass is 16.5. The summed E-state index contributed by atoms with van der Waals surface area (Å²) >= 11 is 0. The zero-order valence-corrected chi connectivity index (χ0v) is 13.7. The molecule has 1 atom stereocenters. The van der Waals surface area contributed by atoms with Crippen molar-refractivity contribution >= 4 is 11.7 Å². The van der Waals surface area contributed by atoms with Gasteiger partial charge in [-0.2, -0.15) is 5.10 Å². The quantitative estimate of drug-likeness (QED) is 0.933. The molecule has 0 radical (unpaired) electrons. The molecule has 1 aliphatic heterocycles. The number of benzene rings is 1. The number of carbonyl (C=O) groups is 1. The van der Waals surface area contributed by atoms with Crippen LogP contribution in [0.4, 0.5) is 10.5 Å². The van der Waals surface area contributed by atoms with Gasteiger partial charge in [0.25, 0.3) is 0 Å². The smallest absolute Gasteiger partial charge is 0.322 e. The average molecular weight is 328 g/mol. The van der Waals surface area contributed by atoms with Crippen molar-refractivity contribution in [2.75, 3.05) is 25.5 Å². The van der Waals surface area contributed by atoms with Gasteiger partial charge in [-0.15, -0.1) is 5.10 Å². The Morgan fingerprint density at radius 2 is 2.08 bits per heavy atom. The predicted octanol–water partition coefficient (Wildman–Crippen LogP) is 2.48. The second-order valence-corrected chi connectivity index (χ2v) is 5.62. The van der Waals surface area contributed by atoms with E-state index < -0.39 is 0 Å². The van der Waals surface area contributed by atoms with Crippen molar-refractivity contribution in [3.63, 3.8) is 0 Å². The highest BCUT2D eigenvalue weighted by molar-refractivity contribution is 5.91. The van der Waals surface area contributed by atoms with Crippen molar-refractivity contribution in [1.82, 2.24) is 15.1 Å². The number of nitrogens with one attached hydrogen (secondary N) is 1. The van der Waals surface area contributed by atoms with Gasteiger partial charge in [-0.3, -0.25) is 0 Å². The molecule has 7 nitrogen and oxygen atoms in total. The molecule has 3 rings (SSSR count). The first-order valence-electron chi connectivity index (χ1n) is 7.81. The fourth-order valence-corrected chi connectivity index (χ4v) is 2.57. The molecule has 0 aliphatic carbocycles. The zero-order valence-electron chi connectivity index (χ0n) is 13.7. The summed E-state index contributed by atoms with van der Waals surface area (Å²) in [5.74, 6) is 1.12. The van der Waals surface area contributed by atoms with Crippen molar-refractivity contribution in [3.05, 3.63) is 42.1 Å². The number of urea groups is 1. The Hall–Kier alpha value is -2.83. The largest absolute Gasteiger partial charge is 0.495 e. The molecular formula is C17H20N4O3. The second kappa shape index (κ2) is 7.16. The molecule has 7 heteroatoms. The van der Waals surface area contributed by atoms with Crippen molar-refractivity contribution < 1.29 is 14.3 Å². The number of amides is 2. The standard InChI is InChI=1S/C17H20N4O3/c1-12-7-8-16(20-19-12)24-13-9-10-21(11-13)17(22)18-14-5-3-4-6-15(14)23-2/h3-8,13H,9-11H2,1-2H3,(H,18,22).